The average molecular weight is 415 g/mol. The Bertz CT molecular complexity index is 646. The predicted molar refractivity (Wildman–Crippen MR) is 90.6 cm³/mol. The van der Waals surface area contributed by atoms with Gasteiger partial charge < -0.3 is 5.32 Å². The Morgan fingerprint density at radius 3 is 2.76 bits per heavy atom. The van der Waals surface area contributed by atoms with Gasteiger partial charge in [0.2, 0.25) is 0 Å². The summed E-state index contributed by atoms with van der Waals surface area (Å²) in [6, 6.07) is 11.9. The van der Waals surface area contributed by atoms with E-state index in [0.717, 1.165) is 23.7 Å². The Labute approximate surface area is 140 Å². The zero-order chi connectivity index (χ0) is 15.2. The molecule has 21 heavy (non-hydrogen) atoms. The molecular formula is C16H14Br2FNO. The number of hydrogen-bond acceptors (Lipinski definition) is 1. The van der Waals surface area contributed by atoms with Crippen molar-refractivity contribution in [2.45, 2.75) is 12.8 Å². The molecule has 0 heterocycles. The zero-order valence-corrected chi connectivity index (χ0v) is 14.4. The maximum absolute atomic E-state index is 13.7. The van der Waals surface area contributed by atoms with Gasteiger partial charge in [0, 0.05) is 15.5 Å². The van der Waals surface area contributed by atoms with Crippen LogP contribution in [0.4, 0.5) is 10.1 Å². The Morgan fingerprint density at radius 1 is 1.19 bits per heavy atom. The highest BCUT2D eigenvalue weighted by molar-refractivity contribution is 9.10. The summed E-state index contributed by atoms with van der Waals surface area (Å²) in [6.07, 6.45) is 1.96. The van der Waals surface area contributed by atoms with Crippen LogP contribution in [0.2, 0.25) is 0 Å². The van der Waals surface area contributed by atoms with Crippen LogP contribution in [-0.2, 0) is 6.42 Å². The van der Waals surface area contributed by atoms with Gasteiger partial charge >= 0.3 is 0 Å². The number of hydrogen-bond donors (Lipinski definition) is 1. The molecule has 2 aromatic carbocycles. The molecule has 0 saturated heterocycles. The van der Waals surface area contributed by atoms with Crippen molar-refractivity contribution in [3.8, 4) is 0 Å². The molecule has 0 radical (unpaired) electrons. The number of amides is 1. The minimum atomic E-state index is -0.536. The maximum Gasteiger partial charge on any atom is 0.258 e. The molecule has 0 saturated carbocycles. The number of nitrogens with one attached hydrogen (secondary N) is 1. The van der Waals surface area contributed by atoms with Crippen molar-refractivity contribution in [1.29, 1.82) is 0 Å². The molecule has 0 aromatic heterocycles. The van der Waals surface area contributed by atoms with E-state index in [9.17, 15) is 9.18 Å². The summed E-state index contributed by atoms with van der Waals surface area (Å²) in [5.74, 6) is -0.988. The molecule has 0 aliphatic heterocycles. The van der Waals surface area contributed by atoms with E-state index >= 15 is 0 Å². The molecule has 1 N–H and O–H groups in total. The molecule has 0 aliphatic rings. The lowest BCUT2D eigenvalue weighted by Crippen LogP contribution is -2.14. The first-order valence-corrected chi connectivity index (χ1v) is 8.43. The van der Waals surface area contributed by atoms with Crippen LogP contribution in [0, 0.1) is 5.82 Å². The van der Waals surface area contributed by atoms with Gasteiger partial charge in [-0.2, -0.15) is 0 Å². The van der Waals surface area contributed by atoms with Gasteiger partial charge in [-0.1, -0.05) is 44.0 Å². The van der Waals surface area contributed by atoms with Crippen molar-refractivity contribution < 1.29 is 9.18 Å². The van der Waals surface area contributed by atoms with Gasteiger partial charge in [0.15, 0.2) is 0 Å². The van der Waals surface area contributed by atoms with E-state index in [0.29, 0.717) is 10.2 Å². The first-order valence-electron chi connectivity index (χ1n) is 6.51. The molecule has 0 unspecified atom stereocenters. The minimum absolute atomic E-state index is 0.0234. The van der Waals surface area contributed by atoms with Crippen LogP contribution in [0.1, 0.15) is 22.3 Å². The fraction of sp³-hybridized carbons (Fsp3) is 0.188. The van der Waals surface area contributed by atoms with Crippen molar-refractivity contribution in [2.24, 2.45) is 0 Å². The van der Waals surface area contributed by atoms with Crippen molar-refractivity contribution in [1.82, 2.24) is 0 Å². The maximum atomic E-state index is 13.7. The van der Waals surface area contributed by atoms with Crippen LogP contribution in [0.15, 0.2) is 46.9 Å². The highest BCUT2D eigenvalue weighted by Crippen LogP contribution is 2.18. The number of rotatable bonds is 5. The Kier molecular flexibility index (Phi) is 5.94. The normalized spacial score (nSPS) is 10.4. The second kappa shape index (κ2) is 7.71. The van der Waals surface area contributed by atoms with E-state index in [2.05, 4.69) is 37.2 Å². The highest BCUT2D eigenvalue weighted by atomic mass is 79.9. The van der Waals surface area contributed by atoms with Gasteiger partial charge in [-0.3, -0.25) is 4.79 Å². The van der Waals surface area contributed by atoms with Crippen LogP contribution in [-0.4, -0.2) is 11.2 Å². The summed E-state index contributed by atoms with van der Waals surface area (Å²) in [5, 5.41) is 3.67. The summed E-state index contributed by atoms with van der Waals surface area (Å²) >= 11 is 6.63. The van der Waals surface area contributed by atoms with Gasteiger partial charge in [0.05, 0.1) is 5.56 Å². The molecule has 110 valence electrons. The van der Waals surface area contributed by atoms with Gasteiger partial charge in [-0.15, -0.1) is 0 Å². The van der Waals surface area contributed by atoms with Crippen LogP contribution < -0.4 is 5.32 Å². The third kappa shape index (κ3) is 4.64. The number of benzene rings is 2. The number of carbonyl (C=O) groups excluding carboxylic acids is 1. The van der Waals surface area contributed by atoms with Crippen molar-refractivity contribution in [3.05, 3.63) is 63.9 Å². The Morgan fingerprint density at radius 2 is 2.00 bits per heavy atom. The summed E-state index contributed by atoms with van der Waals surface area (Å²) < 4.78 is 14.3. The summed E-state index contributed by atoms with van der Waals surface area (Å²) in [4.78, 5) is 12.1. The molecule has 0 bridgehead atoms. The molecule has 5 heteroatoms. The van der Waals surface area contributed by atoms with Crippen molar-refractivity contribution in [2.75, 3.05) is 10.6 Å². The van der Waals surface area contributed by atoms with E-state index in [1.54, 1.807) is 12.1 Å². The summed E-state index contributed by atoms with van der Waals surface area (Å²) in [7, 11) is 0. The highest BCUT2D eigenvalue weighted by Gasteiger charge is 2.12. The number of anilines is 1. The Hall–Kier alpha value is -1.20. The second-order valence-electron chi connectivity index (χ2n) is 4.57. The zero-order valence-electron chi connectivity index (χ0n) is 11.2. The largest absolute Gasteiger partial charge is 0.322 e. The second-order valence-corrected chi connectivity index (χ2v) is 6.28. The van der Waals surface area contributed by atoms with Crippen LogP contribution in [0.3, 0.4) is 0 Å². The third-order valence-electron chi connectivity index (χ3n) is 2.96. The molecular weight excluding hydrogens is 401 g/mol. The lowest BCUT2D eigenvalue weighted by Gasteiger charge is -2.08. The number of aryl methyl sites for hydroxylation is 1. The van der Waals surface area contributed by atoms with Gasteiger partial charge in [0.1, 0.15) is 5.82 Å². The van der Waals surface area contributed by atoms with Crippen molar-refractivity contribution in [3.63, 3.8) is 0 Å². The predicted octanol–water partition coefficient (Wildman–Crippen LogP) is 5.17. The topological polar surface area (TPSA) is 29.1 Å². The lowest BCUT2D eigenvalue weighted by molar-refractivity contribution is 0.102. The van der Waals surface area contributed by atoms with Crippen LogP contribution >= 0.6 is 31.9 Å². The van der Waals surface area contributed by atoms with Crippen LogP contribution in [0.5, 0.6) is 0 Å². The summed E-state index contributed by atoms with van der Waals surface area (Å²) in [6.45, 7) is 0. The molecule has 2 aromatic rings. The quantitative estimate of drug-likeness (QED) is 0.672. The standard InChI is InChI=1S/C16H14Br2FNO/c17-8-2-4-11-3-1-5-13(9-11)20-16(21)14-10-12(18)6-7-15(14)19/h1,3,5-7,9-10H,2,4,8H2,(H,20,21). The number of halogens is 3. The molecule has 0 aliphatic carbocycles. The van der Waals surface area contributed by atoms with E-state index < -0.39 is 11.7 Å². The fourth-order valence-electron chi connectivity index (χ4n) is 1.95. The monoisotopic (exact) mass is 413 g/mol. The fourth-order valence-corrected chi connectivity index (χ4v) is 2.59. The smallest absolute Gasteiger partial charge is 0.258 e. The van der Waals surface area contributed by atoms with E-state index in [-0.39, 0.29) is 5.56 Å². The number of alkyl halides is 1. The Balaban J connectivity index is 2.14. The van der Waals surface area contributed by atoms with E-state index in [4.69, 9.17) is 0 Å². The van der Waals surface area contributed by atoms with Gasteiger partial charge in [0.25, 0.3) is 5.91 Å². The minimum Gasteiger partial charge on any atom is -0.322 e. The molecule has 0 spiro atoms. The molecule has 2 nitrogen and oxygen atoms in total. The van der Waals surface area contributed by atoms with Gasteiger partial charge in [-0.25, -0.2) is 4.39 Å². The van der Waals surface area contributed by atoms with E-state index in [1.807, 2.05) is 18.2 Å². The third-order valence-corrected chi connectivity index (χ3v) is 4.01. The SMILES string of the molecule is O=C(Nc1cccc(CCCBr)c1)c1cc(Br)ccc1F. The first-order chi connectivity index (χ1) is 10.1. The van der Waals surface area contributed by atoms with Crippen LogP contribution in [0.25, 0.3) is 0 Å². The molecule has 0 fully saturated rings. The average Bonchev–Trinajstić information content (AvgIpc) is 2.48. The van der Waals surface area contributed by atoms with E-state index in [1.165, 1.54) is 12.1 Å². The molecule has 0 atom stereocenters. The first kappa shape index (κ1) is 16.2. The summed E-state index contributed by atoms with van der Waals surface area (Å²) in [5.41, 5.74) is 1.84. The molecule has 1 amide bonds. The number of carbonyl (C=O) groups is 1. The van der Waals surface area contributed by atoms with Crippen molar-refractivity contribution >= 4 is 43.5 Å². The van der Waals surface area contributed by atoms with Gasteiger partial charge in [-0.05, 0) is 48.7 Å². The molecule has 2 rings (SSSR count). The lowest BCUT2D eigenvalue weighted by atomic mass is 10.1.